The van der Waals surface area contributed by atoms with Crippen molar-refractivity contribution in [1.29, 1.82) is 0 Å². The van der Waals surface area contributed by atoms with Crippen LogP contribution in [0.4, 0.5) is 0 Å². The first-order valence-electron chi connectivity index (χ1n) is 9.82. The van der Waals surface area contributed by atoms with Crippen molar-refractivity contribution in [2.24, 2.45) is 17.3 Å². The number of halogens is 1. The summed E-state index contributed by atoms with van der Waals surface area (Å²) in [6.07, 6.45) is 9.81. The van der Waals surface area contributed by atoms with Gasteiger partial charge in [-0.1, -0.05) is 102 Å². The van der Waals surface area contributed by atoms with E-state index >= 15 is 0 Å². The van der Waals surface area contributed by atoms with Crippen LogP contribution in [0.2, 0.25) is 0 Å². The third-order valence-electron chi connectivity index (χ3n) is 5.59. The molecule has 0 heterocycles. The Morgan fingerprint density at radius 2 is 1.19 bits per heavy atom. The predicted octanol–water partition coefficient (Wildman–Crippen LogP) is -2.50. The molecule has 0 rings (SSSR count). The van der Waals surface area contributed by atoms with Crippen LogP contribution in [0.25, 0.3) is 0 Å². The number of carboxylic acid groups (broad SMARTS) is 2. The molecule has 7 heteroatoms. The van der Waals surface area contributed by atoms with E-state index in [-0.39, 0.29) is 71.0 Å². The van der Waals surface area contributed by atoms with Crippen molar-refractivity contribution in [3.05, 3.63) is 0 Å². The van der Waals surface area contributed by atoms with Gasteiger partial charge in [0.25, 0.3) is 0 Å². The van der Waals surface area contributed by atoms with Gasteiger partial charge in [0.2, 0.25) is 0 Å². The summed E-state index contributed by atoms with van der Waals surface area (Å²) < 4.78 is -1.09. The van der Waals surface area contributed by atoms with E-state index in [9.17, 15) is 19.8 Å². The Balaban J connectivity index is -0.00000288. The Labute approximate surface area is 224 Å². The van der Waals surface area contributed by atoms with Crippen LogP contribution >= 0.6 is 22.6 Å². The van der Waals surface area contributed by atoms with E-state index in [1.807, 2.05) is 13.8 Å². The summed E-state index contributed by atoms with van der Waals surface area (Å²) in [4.78, 5) is 23.8. The molecule has 0 aliphatic heterocycles. The molecule has 4 nitrogen and oxygen atoms in total. The molecule has 0 aromatic rings. The summed E-state index contributed by atoms with van der Waals surface area (Å²) in [7, 11) is 0. The molecule has 27 heavy (non-hydrogen) atoms. The molecule has 0 aromatic carbocycles. The Hall–Kier alpha value is 1.67. The molecule has 0 N–H and O–H groups in total. The van der Waals surface area contributed by atoms with Crippen LogP contribution in [0, 0.1) is 17.3 Å². The number of hydrogen-bond donors (Lipinski definition) is 0. The van der Waals surface area contributed by atoms with Gasteiger partial charge in [0.1, 0.15) is 0 Å². The Morgan fingerprint density at radius 3 is 1.44 bits per heavy atom. The van der Waals surface area contributed by atoms with Crippen LogP contribution in [0.5, 0.6) is 0 Å². The van der Waals surface area contributed by atoms with Crippen LogP contribution in [-0.4, -0.2) is 15.9 Å². The monoisotopic (exact) mass is 512 g/mol. The maximum atomic E-state index is 12.2. The first kappa shape index (κ1) is 33.3. The topological polar surface area (TPSA) is 80.3 Å². The SMILES string of the molecule is CCCCCCC(C)C(C(=O)[O-])(C(C)CCCCCC)C(I)C(=O)[O-].[Na+].[Na+]. The fourth-order valence-corrected chi connectivity index (χ4v) is 5.40. The standard InChI is InChI=1S/C20H37IO4.2Na/c1-5-7-9-11-13-15(3)20(19(24)25,17(21)18(22)23)16(4)14-12-10-8-6-2;;/h15-17H,5-14H2,1-4H3,(H,22,23)(H,24,25);;/q;2*+1/p-2. The zero-order chi connectivity index (χ0) is 19.5. The van der Waals surface area contributed by atoms with E-state index in [4.69, 9.17) is 0 Å². The molecule has 3 atom stereocenters. The molecule has 0 aliphatic rings. The van der Waals surface area contributed by atoms with Gasteiger partial charge < -0.3 is 19.8 Å². The van der Waals surface area contributed by atoms with Gasteiger partial charge in [-0.05, 0) is 24.7 Å². The molecule has 0 bridgehead atoms. The zero-order valence-electron chi connectivity index (χ0n) is 18.3. The summed E-state index contributed by atoms with van der Waals surface area (Å²) in [6, 6.07) is 0. The summed E-state index contributed by atoms with van der Waals surface area (Å²) in [5.41, 5.74) is -1.38. The quantitative estimate of drug-likeness (QED) is 0.105. The Morgan fingerprint density at radius 1 is 0.815 bits per heavy atom. The second-order valence-corrected chi connectivity index (χ2v) is 8.65. The van der Waals surface area contributed by atoms with Gasteiger partial charge in [0, 0.05) is 11.4 Å². The molecule has 0 aliphatic carbocycles. The number of alkyl halides is 1. The van der Waals surface area contributed by atoms with Gasteiger partial charge in [0.05, 0.1) is 9.89 Å². The van der Waals surface area contributed by atoms with Crippen molar-refractivity contribution in [2.75, 3.05) is 0 Å². The summed E-state index contributed by atoms with van der Waals surface area (Å²) in [6.45, 7) is 8.01. The van der Waals surface area contributed by atoms with Gasteiger partial charge in [-0.15, -0.1) is 0 Å². The molecule has 0 saturated heterocycles. The minimum absolute atomic E-state index is 0. The van der Waals surface area contributed by atoms with Crippen molar-refractivity contribution >= 4 is 34.5 Å². The first-order chi connectivity index (χ1) is 11.8. The van der Waals surface area contributed by atoms with E-state index < -0.39 is 21.3 Å². The third kappa shape index (κ3) is 10.5. The number of carbonyl (C=O) groups is 2. The van der Waals surface area contributed by atoms with E-state index in [1.54, 1.807) is 22.6 Å². The van der Waals surface area contributed by atoms with E-state index in [0.29, 0.717) is 12.8 Å². The molecule has 3 unspecified atom stereocenters. The summed E-state index contributed by atoms with van der Waals surface area (Å²) in [5, 5.41) is 23.8. The fraction of sp³-hybridized carbons (Fsp3) is 0.900. The third-order valence-corrected chi connectivity index (χ3v) is 7.13. The van der Waals surface area contributed by atoms with E-state index in [0.717, 1.165) is 51.4 Å². The average molecular weight is 512 g/mol. The molecule has 0 saturated carbocycles. The number of hydrogen-bond acceptors (Lipinski definition) is 4. The van der Waals surface area contributed by atoms with Crippen molar-refractivity contribution in [2.45, 2.75) is 95.8 Å². The predicted molar refractivity (Wildman–Crippen MR) is 106 cm³/mol. The van der Waals surface area contributed by atoms with Crippen molar-refractivity contribution in [3.8, 4) is 0 Å². The zero-order valence-corrected chi connectivity index (χ0v) is 24.5. The molecular weight excluding hydrogens is 477 g/mol. The van der Waals surface area contributed by atoms with Crippen LogP contribution < -0.4 is 69.3 Å². The van der Waals surface area contributed by atoms with Gasteiger partial charge in [-0.2, -0.15) is 0 Å². The van der Waals surface area contributed by atoms with Gasteiger partial charge >= 0.3 is 59.1 Å². The minimum Gasteiger partial charge on any atom is -0.549 e. The normalized spacial score (nSPS) is 16.2. The van der Waals surface area contributed by atoms with Gasteiger partial charge in [-0.25, -0.2) is 0 Å². The summed E-state index contributed by atoms with van der Waals surface area (Å²) in [5.74, 6) is -3.04. The number of carboxylic acids is 2. The van der Waals surface area contributed by atoms with Crippen molar-refractivity contribution in [3.63, 3.8) is 0 Å². The number of carbonyl (C=O) groups excluding carboxylic acids is 2. The first-order valence-corrected chi connectivity index (χ1v) is 11.1. The number of unbranched alkanes of at least 4 members (excludes halogenated alkanes) is 6. The van der Waals surface area contributed by atoms with Gasteiger partial charge in [0.15, 0.2) is 0 Å². The number of aliphatic carboxylic acids is 2. The van der Waals surface area contributed by atoms with Crippen LogP contribution in [0.15, 0.2) is 0 Å². The van der Waals surface area contributed by atoms with E-state index in [1.165, 1.54) is 0 Å². The molecule has 0 spiro atoms. The van der Waals surface area contributed by atoms with Crippen molar-refractivity contribution in [1.82, 2.24) is 0 Å². The summed E-state index contributed by atoms with van der Waals surface area (Å²) >= 11 is 1.75. The molecule has 148 valence electrons. The van der Waals surface area contributed by atoms with Crippen LogP contribution in [-0.2, 0) is 9.59 Å². The van der Waals surface area contributed by atoms with Crippen molar-refractivity contribution < 1.29 is 78.9 Å². The van der Waals surface area contributed by atoms with Crippen LogP contribution in [0.1, 0.15) is 91.9 Å². The Kier molecular flexibility index (Phi) is 22.8. The smallest absolute Gasteiger partial charge is 0.549 e. The molecular formula is C20H35INa2O4. The second kappa shape index (κ2) is 18.4. The van der Waals surface area contributed by atoms with Crippen LogP contribution in [0.3, 0.4) is 0 Å². The minimum atomic E-state index is -1.38. The molecule has 0 radical (unpaired) electrons. The number of rotatable bonds is 15. The maximum absolute atomic E-state index is 12.2. The van der Waals surface area contributed by atoms with E-state index in [2.05, 4.69) is 13.8 Å². The average Bonchev–Trinajstić information content (AvgIpc) is 2.55. The largest absolute Gasteiger partial charge is 1.00 e. The molecule has 0 fully saturated rings. The Bertz CT molecular complexity index is 389. The van der Waals surface area contributed by atoms with Gasteiger partial charge in [-0.3, -0.25) is 0 Å². The molecule has 0 amide bonds. The molecule has 0 aromatic heterocycles. The maximum Gasteiger partial charge on any atom is 1.00 e. The second-order valence-electron chi connectivity index (χ2n) is 7.40. The fourth-order valence-electron chi connectivity index (χ4n) is 3.92.